The monoisotopic (exact) mass is 409 g/mol. The van der Waals surface area contributed by atoms with Crippen LogP contribution in [0.4, 0.5) is 11.9 Å². The minimum absolute atomic E-state index is 0.176. The Morgan fingerprint density at radius 2 is 1.90 bits per heavy atom. The van der Waals surface area contributed by atoms with Crippen LogP contribution in [0.25, 0.3) is 10.9 Å². The van der Waals surface area contributed by atoms with E-state index in [2.05, 4.69) is 55.3 Å². The van der Waals surface area contributed by atoms with Crippen molar-refractivity contribution in [1.82, 2.24) is 19.9 Å². The van der Waals surface area contributed by atoms with Gasteiger partial charge in [0.25, 0.3) is 0 Å². The smallest absolute Gasteiger partial charge is 0.248 e. The molecule has 3 aromatic rings. The first-order valence-electron chi connectivity index (χ1n) is 10.7. The summed E-state index contributed by atoms with van der Waals surface area (Å²) in [5.41, 5.74) is 5.04. The largest absolute Gasteiger partial charge is 0.396 e. The highest BCUT2D eigenvalue weighted by atomic mass is 16.2. The maximum Gasteiger partial charge on any atom is 0.248 e. The summed E-state index contributed by atoms with van der Waals surface area (Å²) in [6, 6.07) is 8.10. The third-order valence-corrected chi connectivity index (χ3v) is 4.74. The molecule has 8 nitrogen and oxygen atoms in total. The van der Waals surface area contributed by atoms with E-state index in [9.17, 15) is 0 Å². The molecule has 2 heterocycles. The van der Waals surface area contributed by atoms with Crippen LogP contribution in [0, 0.1) is 0 Å². The molecule has 0 unspecified atom stereocenters. The fourth-order valence-electron chi connectivity index (χ4n) is 3.32. The van der Waals surface area contributed by atoms with Crippen molar-refractivity contribution >= 4 is 29.0 Å². The highest BCUT2D eigenvalue weighted by Gasteiger charge is 2.12. The standard InChI is InChI=1S/C22H31N7O/c1-3-12-29(13-4-2)22-26-20(11-7-8-14-30)25-21(27-22)28-24-16-17-15-23-19-10-6-5-9-18(17)19/h5-6,9-10,15-16,23,30H,3-4,7-8,11-14H2,1-2H3,(H,25,26,27,28)/b24-16+. The number of H-pyrrole nitrogens is 1. The molecule has 0 spiro atoms. The lowest BCUT2D eigenvalue weighted by Gasteiger charge is -2.22. The second-order valence-electron chi connectivity index (χ2n) is 7.20. The molecule has 0 radical (unpaired) electrons. The number of aliphatic hydroxyl groups excluding tert-OH is 1. The molecule has 0 aliphatic heterocycles. The van der Waals surface area contributed by atoms with E-state index >= 15 is 0 Å². The average molecular weight is 410 g/mol. The van der Waals surface area contributed by atoms with E-state index < -0.39 is 0 Å². The zero-order chi connectivity index (χ0) is 21.2. The number of para-hydroxylation sites is 1. The number of hydrazone groups is 1. The Morgan fingerprint density at radius 3 is 2.67 bits per heavy atom. The number of hydrogen-bond acceptors (Lipinski definition) is 7. The fraction of sp³-hybridized carbons (Fsp3) is 0.455. The van der Waals surface area contributed by atoms with Crippen LogP contribution in [0.2, 0.25) is 0 Å². The van der Waals surface area contributed by atoms with Crippen molar-refractivity contribution in [3.63, 3.8) is 0 Å². The van der Waals surface area contributed by atoms with Crippen molar-refractivity contribution in [3.8, 4) is 0 Å². The third kappa shape index (κ3) is 5.76. The van der Waals surface area contributed by atoms with Gasteiger partial charge in [-0.3, -0.25) is 0 Å². The summed E-state index contributed by atoms with van der Waals surface area (Å²) >= 11 is 0. The van der Waals surface area contributed by atoms with Crippen LogP contribution in [-0.2, 0) is 6.42 Å². The van der Waals surface area contributed by atoms with E-state index in [-0.39, 0.29) is 6.61 Å². The summed E-state index contributed by atoms with van der Waals surface area (Å²) in [4.78, 5) is 19.2. The third-order valence-electron chi connectivity index (χ3n) is 4.74. The van der Waals surface area contributed by atoms with E-state index in [1.807, 2.05) is 24.4 Å². The van der Waals surface area contributed by atoms with Gasteiger partial charge in [-0.1, -0.05) is 32.0 Å². The Balaban J connectivity index is 1.80. The number of benzene rings is 1. The van der Waals surface area contributed by atoms with Crippen LogP contribution < -0.4 is 10.3 Å². The van der Waals surface area contributed by atoms with Gasteiger partial charge in [-0.15, -0.1) is 0 Å². The summed E-state index contributed by atoms with van der Waals surface area (Å²) < 4.78 is 0. The maximum atomic E-state index is 9.07. The summed E-state index contributed by atoms with van der Waals surface area (Å²) in [5, 5.41) is 14.5. The van der Waals surface area contributed by atoms with Gasteiger partial charge in [0.1, 0.15) is 5.82 Å². The number of aromatic amines is 1. The Hall–Kier alpha value is -3.00. The Morgan fingerprint density at radius 1 is 1.10 bits per heavy atom. The van der Waals surface area contributed by atoms with Crippen molar-refractivity contribution in [2.75, 3.05) is 30.0 Å². The fourth-order valence-corrected chi connectivity index (χ4v) is 3.32. The molecular formula is C22H31N7O. The Kier molecular flexibility index (Phi) is 8.14. The first-order chi connectivity index (χ1) is 14.7. The average Bonchev–Trinajstić information content (AvgIpc) is 3.17. The van der Waals surface area contributed by atoms with Gasteiger partial charge in [0.15, 0.2) is 0 Å². The SMILES string of the molecule is CCCN(CCC)c1nc(CCCCO)nc(N/N=C/c2c[nH]c3ccccc23)n1. The van der Waals surface area contributed by atoms with Crippen molar-refractivity contribution in [2.24, 2.45) is 5.10 Å². The number of nitrogens with one attached hydrogen (secondary N) is 2. The van der Waals surface area contributed by atoms with Crippen molar-refractivity contribution in [1.29, 1.82) is 0 Å². The molecule has 0 aliphatic carbocycles. The summed E-state index contributed by atoms with van der Waals surface area (Å²) in [6.07, 6.45) is 8.00. The summed E-state index contributed by atoms with van der Waals surface area (Å²) in [6.45, 7) is 6.26. The minimum atomic E-state index is 0.176. The lowest BCUT2D eigenvalue weighted by molar-refractivity contribution is 0.284. The number of aromatic nitrogens is 4. The predicted octanol–water partition coefficient (Wildman–Crippen LogP) is 3.74. The molecular weight excluding hydrogens is 378 g/mol. The quantitative estimate of drug-likeness (QED) is 0.239. The number of nitrogens with zero attached hydrogens (tertiary/aromatic N) is 5. The highest BCUT2D eigenvalue weighted by Crippen LogP contribution is 2.16. The van der Waals surface area contributed by atoms with Gasteiger partial charge in [-0.2, -0.15) is 20.1 Å². The second-order valence-corrected chi connectivity index (χ2v) is 7.20. The molecule has 0 saturated carbocycles. The van der Waals surface area contributed by atoms with Crippen molar-refractivity contribution in [2.45, 2.75) is 46.0 Å². The topological polar surface area (TPSA) is 102 Å². The number of anilines is 2. The molecule has 3 rings (SSSR count). The normalized spacial score (nSPS) is 11.4. The molecule has 30 heavy (non-hydrogen) atoms. The molecule has 0 amide bonds. The number of rotatable bonds is 12. The number of hydrogen-bond donors (Lipinski definition) is 3. The van der Waals surface area contributed by atoms with Crippen molar-refractivity contribution in [3.05, 3.63) is 41.9 Å². The molecule has 3 N–H and O–H groups in total. The van der Waals surface area contributed by atoms with E-state index in [0.717, 1.165) is 61.1 Å². The zero-order valence-electron chi connectivity index (χ0n) is 17.8. The van der Waals surface area contributed by atoms with E-state index in [1.165, 1.54) is 0 Å². The van der Waals surface area contributed by atoms with Gasteiger partial charge >= 0.3 is 0 Å². The van der Waals surface area contributed by atoms with Crippen LogP contribution in [0.1, 0.15) is 50.9 Å². The van der Waals surface area contributed by atoms with Crippen LogP contribution in [-0.4, -0.2) is 51.0 Å². The molecule has 8 heteroatoms. The summed E-state index contributed by atoms with van der Waals surface area (Å²) in [7, 11) is 0. The van der Waals surface area contributed by atoms with Crippen LogP contribution in [0.5, 0.6) is 0 Å². The summed E-state index contributed by atoms with van der Waals surface area (Å²) in [5.74, 6) is 1.83. The molecule has 1 aromatic carbocycles. The van der Waals surface area contributed by atoms with Gasteiger partial charge in [0, 0.05) is 48.8 Å². The Bertz CT molecular complexity index is 948. The number of unbranched alkanes of at least 4 members (excludes halogenated alkanes) is 1. The maximum absolute atomic E-state index is 9.07. The first kappa shape index (κ1) is 21.7. The van der Waals surface area contributed by atoms with Crippen LogP contribution >= 0.6 is 0 Å². The molecule has 0 saturated heterocycles. The van der Waals surface area contributed by atoms with E-state index in [4.69, 9.17) is 5.11 Å². The molecule has 0 atom stereocenters. The first-order valence-corrected chi connectivity index (χ1v) is 10.7. The molecule has 2 aromatic heterocycles. The van der Waals surface area contributed by atoms with Gasteiger partial charge in [-0.05, 0) is 31.7 Å². The minimum Gasteiger partial charge on any atom is -0.396 e. The van der Waals surface area contributed by atoms with Crippen molar-refractivity contribution < 1.29 is 5.11 Å². The van der Waals surface area contributed by atoms with E-state index in [0.29, 0.717) is 18.3 Å². The number of aliphatic hydroxyl groups is 1. The number of aryl methyl sites for hydroxylation is 1. The van der Waals surface area contributed by atoms with Gasteiger partial charge in [0.2, 0.25) is 11.9 Å². The Labute approximate surface area is 177 Å². The molecule has 160 valence electrons. The van der Waals surface area contributed by atoms with Gasteiger partial charge in [-0.25, -0.2) is 5.43 Å². The zero-order valence-corrected chi connectivity index (χ0v) is 17.8. The lowest BCUT2D eigenvalue weighted by Crippen LogP contribution is -2.28. The highest BCUT2D eigenvalue weighted by molar-refractivity contribution is 5.99. The lowest BCUT2D eigenvalue weighted by atomic mass is 10.2. The van der Waals surface area contributed by atoms with Gasteiger partial charge in [0.05, 0.1) is 6.21 Å². The number of fused-ring (bicyclic) bond motifs is 1. The predicted molar refractivity (Wildman–Crippen MR) is 122 cm³/mol. The molecule has 0 bridgehead atoms. The van der Waals surface area contributed by atoms with Gasteiger partial charge < -0.3 is 15.0 Å². The van der Waals surface area contributed by atoms with Crippen LogP contribution in [0.15, 0.2) is 35.6 Å². The van der Waals surface area contributed by atoms with Crippen LogP contribution in [0.3, 0.4) is 0 Å². The molecule has 0 aliphatic rings. The van der Waals surface area contributed by atoms with E-state index in [1.54, 1.807) is 6.21 Å². The second kappa shape index (κ2) is 11.3. The molecule has 0 fully saturated rings.